The maximum absolute atomic E-state index is 10.8. The Bertz CT molecular complexity index is 464. The van der Waals surface area contributed by atoms with Crippen LogP contribution in [0.1, 0.15) is 25.8 Å². The number of fused-ring (bicyclic) bond motifs is 1. The normalized spacial score (nSPS) is 13.8. The molecule has 0 saturated carbocycles. The highest BCUT2D eigenvalue weighted by Gasteiger charge is 2.29. The number of benzene rings is 1. The molecule has 0 amide bonds. The van der Waals surface area contributed by atoms with Gasteiger partial charge in [-0.2, -0.15) is 0 Å². The Morgan fingerprint density at radius 3 is 2.53 bits per heavy atom. The van der Waals surface area contributed by atoms with Crippen LogP contribution in [0.5, 0.6) is 17.2 Å². The molecule has 1 aromatic rings. The predicted octanol–water partition coefficient (Wildman–Crippen LogP) is 1.87. The van der Waals surface area contributed by atoms with E-state index >= 15 is 0 Å². The molecule has 0 fully saturated rings. The molecule has 0 saturated heterocycles. The van der Waals surface area contributed by atoms with E-state index in [-0.39, 0.29) is 19.0 Å². The van der Waals surface area contributed by atoms with Crippen LogP contribution < -0.4 is 9.47 Å². The zero-order valence-corrected chi connectivity index (χ0v) is 9.69. The first-order valence-electron chi connectivity index (χ1n) is 5.25. The summed E-state index contributed by atoms with van der Waals surface area (Å²) in [6, 6.07) is 3.10. The van der Waals surface area contributed by atoms with Crippen molar-refractivity contribution in [2.45, 2.75) is 25.7 Å². The van der Waals surface area contributed by atoms with Gasteiger partial charge >= 0.3 is 5.97 Å². The number of rotatable bonds is 3. The summed E-state index contributed by atoms with van der Waals surface area (Å²) in [4.78, 5) is 10.8. The van der Waals surface area contributed by atoms with Crippen molar-refractivity contribution < 1.29 is 24.5 Å². The monoisotopic (exact) mass is 238 g/mol. The second-order valence-corrected chi connectivity index (χ2v) is 4.68. The molecule has 5 nitrogen and oxygen atoms in total. The largest absolute Gasteiger partial charge is 0.508 e. The molecule has 2 rings (SSSR count). The summed E-state index contributed by atoms with van der Waals surface area (Å²) in [6.07, 6.45) is -0.0692. The summed E-state index contributed by atoms with van der Waals surface area (Å²) in [5, 5.41) is 18.8. The molecule has 0 atom stereocenters. The van der Waals surface area contributed by atoms with Crippen molar-refractivity contribution in [1.29, 1.82) is 0 Å². The standard InChI is InChI=1S/C12H14O5/c1-12(2,5-11(14)15)7-3-9-10(4-8(7)13)17-6-16-9/h3-4,13H,5-6H2,1-2H3,(H,14,15). The summed E-state index contributed by atoms with van der Waals surface area (Å²) < 4.78 is 10.3. The van der Waals surface area contributed by atoms with E-state index in [2.05, 4.69) is 0 Å². The van der Waals surface area contributed by atoms with Crippen molar-refractivity contribution in [3.8, 4) is 17.2 Å². The van der Waals surface area contributed by atoms with Crippen molar-refractivity contribution in [1.82, 2.24) is 0 Å². The SMILES string of the molecule is CC(C)(CC(=O)O)c1cc2c(cc1O)OCO2. The van der Waals surface area contributed by atoms with Crippen LogP contribution in [0.25, 0.3) is 0 Å². The second-order valence-electron chi connectivity index (χ2n) is 4.68. The van der Waals surface area contributed by atoms with Crippen LogP contribution in [0.15, 0.2) is 12.1 Å². The van der Waals surface area contributed by atoms with Gasteiger partial charge in [-0.25, -0.2) is 0 Å². The first-order chi connectivity index (χ1) is 7.90. The van der Waals surface area contributed by atoms with Gasteiger partial charge in [-0.05, 0) is 6.07 Å². The average molecular weight is 238 g/mol. The maximum atomic E-state index is 10.8. The summed E-state index contributed by atoms with van der Waals surface area (Å²) in [5.41, 5.74) is -0.124. The molecule has 0 radical (unpaired) electrons. The Hall–Kier alpha value is -1.91. The van der Waals surface area contributed by atoms with Gasteiger partial charge in [0.05, 0.1) is 6.42 Å². The summed E-state index contributed by atoms with van der Waals surface area (Å²) >= 11 is 0. The van der Waals surface area contributed by atoms with E-state index in [0.717, 1.165) is 0 Å². The Labute approximate surface area is 98.6 Å². The summed E-state index contributed by atoms with van der Waals surface area (Å²) in [5.74, 6) is 0.140. The fraction of sp³-hybridized carbons (Fsp3) is 0.417. The Morgan fingerprint density at radius 2 is 1.94 bits per heavy atom. The van der Waals surface area contributed by atoms with E-state index in [1.54, 1.807) is 19.9 Å². The minimum atomic E-state index is -0.910. The predicted molar refractivity (Wildman–Crippen MR) is 59.5 cm³/mol. The topological polar surface area (TPSA) is 76.0 Å². The lowest BCUT2D eigenvalue weighted by Crippen LogP contribution is -2.21. The van der Waals surface area contributed by atoms with Crippen molar-refractivity contribution in [2.24, 2.45) is 0 Å². The van der Waals surface area contributed by atoms with Gasteiger partial charge in [0.2, 0.25) is 6.79 Å². The van der Waals surface area contributed by atoms with Gasteiger partial charge in [-0.3, -0.25) is 4.79 Å². The number of phenols is 1. The van der Waals surface area contributed by atoms with E-state index in [9.17, 15) is 9.90 Å². The molecular weight excluding hydrogens is 224 g/mol. The number of carboxylic acid groups (broad SMARTS) is 1. The molecule has 0 bridgehead atoms. The van der Waals surface area contributed by atoms with Crippen molar-refractivity contribution in [3.05, 3.63) is 17.7 Å². The average Bonchev–Trinajstić information content (AvgIpc) is 2.60. The molecule has 0 unspecified atom stereocenters. The molecule has 0 aromatic heterocycles. The molecule has 0 spiro atoms. The van der Waals surface area contributed by atoms with Gasteiger partial charge in [0.15, 0.2) is 11.5 Å². The number of carbonyl (C=O) groups is 1. The van der Waals surface area contributed by atoms with Crippen LogP contribution in [-0.4, -0.2) is 23.0 Å². The second kappa shape index (κ2) is 3.84. The molecule has 1 aromatic carbocycles. The van der Waals surface area contributed by atoms with Gasteiger partial charge in [-0.15, -0.1) is 0 Å². The molecule has 1 heterocycles. The van der Waals surface area contributed by atoms with E-state index in [4.69, 9.17) is 14.6 Å². The Morgan fingerprint density at radius 1 is 1.35 bits per heavy atom. The third-order valence-electron chi connectivity index (χ3n) is 2.81. The molecule has 1 aliphatic rings. The number of ether oxygens (including phenoxy) is 2. The van der Waals surface area contributed by atoms with E-state index in [1.807, 2.05) is 0 Å². The number of hydrogen-bond acceptors (Lipinski definition) is 4. The van der Waals surface area contributed by atoms with E-state index in [1.165, 1.54) is 6.07 Å². The smallest absolute Gasteiger partial charge is 0.304 e. The lowest BCUT2D eigenvalue weighted by molar-refractivity contribution is -0.138. The van der Waals surface area contributed by atoms with Crippen LogP contribution in [0.2, 0.25) is 0 Å². The van der Waals surface area contributed by atoms with Gasteiger partial charge in [0, 0.05) is 17.0 Å². The van der Waals surface area contributed by atoms with E-state index in [0.29, 0.717) is 17.1 Å². The quantitative estimate of drug-likeness (QED) is 0.840. The molecule has 0 aliphatic carbocycles. The molecule has 1 aliphatic heterocycles. The molecular formula is C12H14O5. The van der Waals surface area contributed by atoms with Gasteiger partial charge in [0.25, 0.3) is 0 Å². The fourth-order valence-corrected chi connectivity index (χ4v) is 1.95. The lowest BCUT2D eigenvalue weighted by Gasteiger charge is -2.24. The maximum Gasteiger partial charge on any atom is 0.304 e. The minimum Gasteiger partial charge on any atom is -0.508 e. The van der Waals surface area contributed by atoms with Gasteiger partial charge < -0.3 is 19.7 Å². The zero-order chi connectivity index (χ0) is 12.6. The molecule has 5 heteroatoms. The third kappa shape index (κ3) is 2.13. The van der Waals surface area contributed by atoms with Crippen molar-refractivity contribution >= 4 is 5.97 Å². The van der Waals surface area contributed by atoms with Crippen LogP contribution in [0.3, 0.4) is 0 Å². The number of aliphatic carboxylic acids is 1. The summed E-state index contributed by atoms with van der Waals surface area (Å²) in [6.45, 7) is 3.65. The van der Waals surface area contributed by atoms with Gasteiger partial charge in [-0.1, -0.05) is 13.8 Å². The first-order valence-corrected chi connectivity index (χ1v) is 5.25. The van der Waals surface area contributed by atoms with Crippen molar-refractivity contribution in [2.75, 3.05) is 6.79 Å². The van der Waals surface area contributed by atoms with Gasteiger partial charge in [0.1, 0.15) is 5.75 Å². The van der Waals surface area contributed by atoms with E-state index < -0.39 is 11.4 Å². The zero-order valence-electron chi connectivity index (χ0n) is 9.69. The highest BCUT2D eigenvalue weighted by molar-refractivity contribution is 5.69. The summed E-state index contributed by atoms with van der Waals surface area (Å²) in [7, 11) is 0. The van der Waals surface area contributed by atoms with Crippen LogP contribution in [-0.2, 0) is 10.2 Å². The lowest BCUT2D eigenvalue weighted by atomic mass is 9.81. The third-order valence-corrected chi connectivity index (χ3v) is 2.81. The number of phenolic OH excluding ortho intramolecular Hbond substituents is 1. The molecule has 2 N–H and O–H groups in total. The first kappa shape index (κ1) is 11.6. The minimum absolute atomic E-state index is 0.0282. The Kier molecular flexibility index (Phi) is 2.61. The van der Waals surface area contributed by atoms with Crippen LogP contribution in [0, 0.1) is 0 Å². The molecule has 17 heavy (non-hydrogen) atoms. The number of aromatic hydroxyl groups is 1. The number of carboxylic acids is 1. The van der Waals surface area contributed by atoms with Crippen molar-refractivity contribution in [3.63, 3.8) is 0 Å². The van der Waals surface area contributed by atoms with Crippen LogP contribution >= 0.6 is 0 Å². The fourth-order valence-electron chi connectivity index (χ4n) is 1.95. The highest BCUT2D eigenvalue weighted by atomic mass is 16.7. The van der Waals surface area contributed by atoms with Crippen LogP contribution in [0.4, 0.5) is 0 Å². The highest BCUT2D eigenvalue weighted by Crippen LogP contribution is 2.43. The molecule has 92 valence electrons. The number of hydrogen-bond donors (Lipinski definition) is 2. The Balaban J connectivity index is 2.41.